The highest BCUT2D eigenvalue weighted by Gasteiger charge is 2.49. The summed E-state index contributed by atoms with van der Waals surface area (Å²) in [5, 5.41) is 0. The van der Waals surface area contributed by atoms with Crippen LogP contribution in [0.3, 0.4) is 0 Å². The maximum Gasteiger partial charge on any atom is 0.264 e. The summed E-state index contributed by atoms with van der Waals surface area (Å²) in [6, 6.07) is 31.4. The average molecular weight is 465 g/mol. The molecule has 4 nitrogen and oxygen atoms in total. The van der Waals surface area contributed by atoms with Gasteiger partial charge in [-0.25, -0.2) is 0 Å². The van der Waals surface area contributed by atoms with Crippen molar-refractivity contribution < 1.29 is 18.7 Å². The van der Waals surface area contributed by atoms with Gasteiger partial charge < -0.3 is 9.15 Å². The first kappa shape index (κ1) is 23.0. The molecule has 0 saturated carbocycles. The molecule has 4 aromatic rings. The van der Waals surface area contributed by atoms with Crippen molar-refractivity contribution >= 4 is 11.6 Å². The van der Waals surface area contributed by atoms with E-state index in [1.54, 1.807) is 12.1 Å². The van der Waals surface area contributed by atoms with E-state index in [0.29, 0.717) is 18.8 Å². The molecule has 0 radical (unpaired) electrons. The summed E-state index contributed by atoms with van der Waals surface area (Å²) in [4.78, 5) is 26.6. The number of hydrogen-bond acceptors (Lipinski definition) is 4. The minimum absolute atomic E-state index is 0.0659. The second-order valence-corrected chi connectivity index (χ2v) is 9.64. The van der Waals surface area contributed by atoms with Crippen LogP contribution in [0.2, 0.25) is 0 Å². The highest BCUT2D eigenvalue weighted by Crippen LogP contribution is 2.39. The lowest BCUT2D eigenvalue weighted by molar-refractivity contribution is -0.124. The number of ketones is 2. The zero-order valence-electron chi connectivity index (χ0n) is 19.9. The van der Waals surface area contributed by atoms with Crippen molar-refractivity contribution in [2.75, 3.05) is 6.61 Å². The van der Waals surface area contributed by atoms with Crippen molar-refractivity contribution in [2.45, 2.75) is 25.9 Å². The highest BCUT2D eigenvalue weighted by atomic mass is 16.5. The van der Waals surface area contributed by atoms with Crippen molar-refractivity contribution in [3.8, 4) is 22.5 Å². The van der Waals surface area contributed by atoms with Gasteiger partial charge in [0.2, 0.25) is 5.78 Å². The van der Waals surface area contributed by atoms with Crippen LogP contribution < -0.4 is 0 Å². The fourth-order valence-electron chi connectivity index (χ4n) is 5.03. The maximum absolute atomic E-state index is 13.4. The molecular formula is C31H28O4. The molecule has 5 rings (SSSR count). The van der Waals surface area contributed by atoms with E-state index in [-0.39, 0.29) is 11.7 Å². The van der Waals surface area contributed by atoms with E-state index in [9.17, 15) is 9.59 Å². The van der Waals surface area contributed by atoms with Gasteiger partial charge in [-0.15, -0.1) is 0 Å². The normalized spacial score (nSPS) is 18.9. The molecule has 35 heavy (non-hydrogen) atoms. The molecule has 1 unspecified atom stereocenters. The van der Waals surface area contributed by atoms with E-state index in [0.717, 1.165) is 22.3 Å². The van der Waals surface area contributed by atoms with Gasteiger partial charge >= 0.3 is 0 Å². The summed E-state index contributed by atoms with van der Waals surface area (Å²) in [7, 11) is 0. The first-order valence-electron chi connectivity index (χ1n) is 11.9. The molecule has 1 aliphatic heterocycles. The van der Waals surface area contributed by atoms with Gasteiger partial charge in [0.25, 0.3) is 5.78 Å². The number of Topliss-reactive ketones (excluding diaryl/α,β-unsaturated/α-hetero) is 2. The Hall–Kier alpha value is -3.76. The molecule has 0 N–H and O–H groups in total. The van der Waals surface area contributed by atoms with Gasteiger partial charge in [0.05, 0.1) is 18.1 Å². The molecule has 0 bridgehead atoms. The average Bonchev–Trinajstić information content (AvgIpc) is 3.49. The number of ether oxygens (including phenoxy) is 1. The van der Waals surface area contributed by atoms with Crippen LogP contribution in [0.5, 0.6) is 0 Å². The summed E-state index contributed by atoms with van der Waals surface area (Å²) in [6.07, 6.45) is 0.686. The third-order valence-electron chi connectivity index (χ3n) is 6.84. The van der Waals surface area contributed by atoms with Crippen molar-refractivity contribution in [3.05, 3.63) is 108 Å². The Morgan fingerprint density at radius 1 is 0.771 bits per heavy atom. The quantitative estimate of drug-likeness (QED) is 0.227. The number of carbonyl (C=O) groups is 2. The van der Waals surface area contributed by atoms with Crippen LogP contribution in [0.1, 0.15) is 30.0 Å². The highest BCUT2D eigenvalue weighted by molar-refractivity contribution is 6.44. The lowest BCUT2D eigenvalue weighted by Crippen LogP contribution is -2.40. The van der Waals surface area contributed by atoms with Crippen LogP contribution in [0, 0.1) is 11.8 Å². The molecule has 1 saturated heterocycles. The smallest absolute Gasteiger partial charge is 0.264 e. The van der Waals surface area contributed by atoms with Crippen LogP contribution in [0.4, 0.5) is 0 Å². The fourth-order valence-corrected chi connectivity index (χ4v) is 5.03. The van der Waals surface area contributed by atoms with Crippen molar-refractivity contribution in [1.82, 2.24) is 0 Å². The topological polar surface area (TPSA) is 56.5 Å². The molecule has 0 amide bonds. The summed E-state index contributed by atoms with van der Waals surface area (Å²) in [5.74, 6) is -1.02. The largest absolute Gasteiger partial charge is 0.452 e. The van der Waals surface area contributed by atoms with Gasteiger partial charge in [0, 0.05) is 5.56 Å². The van der Waals surface area contributed by atoms with Crippen LogP contribution >= 0.6 is 0 Å². The Balaban J connectivity index is 1.34. The molecule has 2 atom stereocenters. The molecule has 0 spiro atoms. The summed E-state index contributed by atoms with van der Waals surface area (Å²) < 4.78 is 11.8. The molecule has 4 heteroatoms. The van der Waals surface area contributed by atoms with Gasteiger partial charge in [-0.2, -0.15) is 0 Å². The van der Waals surface area contributed by atoms with E-state index >= 15 is 0 Å². The lowest BCUT2D eigenvalue weighted by Gasteiger charge is -2.26. The van der Waals surface area contributed by atoms with Gasteiger partial charge in [-0.05, 0) is 55.0 Å². The number of rotatable bonds is 7. The standard InChI is InChI=1S/C31H28O4/c1-31(2)28(25(20-34-31)19-21-9-5-3-6-10-21)30(33)29(32)27-18-17-26(35-27)24-15-13-23(14-16-24)22-11-7-4-8-12-22/h3-18,25,28H,19-20H2,1-2H3/t25-,28?/m1/s1. The van der Waals surface area contributed by atoms with E-state index in [2.05, 4.69) is 12.1 Å². The Kier molecular flexibility index (Phi) is 6.23. The predicted molar refractivity (Wildman–Crippen MR) is 136 cm³/mol. The monoisotopic (exact) mass is 464 g/mol. The third-order valence-corrected chi connectivity index (χ3v) is 6.84. The van der Waals surface area contributed by atoms with Crippen molar-refractivity contribution in [1.29, 1.82) is 0 Å². The molecule has 1 aliphatic rings. The van der Waals surface area contributed by atoms with Crippen LogP contribution in [0.15, 0.2) is 101 Å². The molecular weight excluding hydrogens is 436 g/mol. The molecule has 3 aromatic carbocycles. The van der Waals surface area contributed by atoms with Crippen LogP contribution in [0.25, 0.3) is 22.5 Å². The molecule has 1 aromatic heterocycles. The predicted octanol–water partition coefficient (Wildman–Crippen LogP) is 6.65. The number of hydrogen-bond donors (Lipinski definition) is 0. The van der Waals surface area contributed by atoms with Gasteiger partial charge in [0.1, 0.15) is 5.76 Å². The maximum atomic E-state index is 13.4. The first-order chi connectivity index (χ1) is 16.9. The lowest BCUT2D eigenvalue weighted by atomic mass is 9.76. The number of benzene rings is 3. The minimum atomic E-state index is -0.713. The van der Waals surface area contributed by atoms with E-state index in [1.165, 1.54) is 0 Å². The minimum Gasteiger partial charge on any atom is -0.452 e. The number of carbonyl (C=O) groups excluding carboxylic acids is 2. The SMILES string of the molecule is CC1(C)OC[C@@H](Cc2ccccc2)C1C(=O)C(=O)c1ccc(-c2ccc(-c3ccccc3)cc2)o1. The van der Waals surface area contributed by atoms with Crippen LogP contribution in [-0.4, -0.2) is 23.8 Å². The Bertz CT molecular complexity index is 1320. The first-order valence-corrected chi connectivity index (χ1v) is 11.9. The van der Waals surface area contributed by atoms with E-state index in [1.807, 2.05) is 86.6 Å². The summed E-state index contributed by atoms with van der Waals surface area (Å²) >= 11 is 0. The van der Waals surface area contributed by atoms with Crippen LogP contribution in [-0.2, 0) is 16.0 Å². The van der Waals surface area contributed by atoms with Crippen molar-refractivity contribution in [3.63, 3.8) is 0 Å². The second-order valence-electron chi connectivity index (χ2n) is 9.64. The summed E-state index contributed by atoms with van der Waals surface area (Å²) in [5.41, 5.74) is 3.49. The molecule has 0 aliphatic carbocycles. The molecule has 1 fully saturated rings. The Morgan fingerprint density at radius 2 is 1.37 bits per heavy atom. The van der Waals surface area contributed by atoms with E-state index in [4.69, 9.17) is 9.15 Å². The Morgan fingerprint density at radius 3 is 2.06 bits per heavy atom. The molecule has 176 valence electrons. The zero-order valence-corrected chi connectivity index (χ0v) is 19.9. The molecule has 2 heterocycles. The third kappa shape index (κ3) is 4.75. The zero-order chi connectivity index (χ0) is 24.4. The van der Waals surface area contributed by atoms with E-state index < -0.39 is 23.1 Å². The second kappa shape index (κ2) is 9.47. The summed E-state index contributed by atoms with van der Waals surface area (Å²) in [6.45, 7) is 4.22. The van der Waals surface area contributed by atoms with Gasteiger partial charge in [-0.1, -0.05) is 84.9 Å². The van der Waals surface area contributed by atoms with Crippen molar-refractivity contribution in [2.24, 2.45) is 11.8 Å². The van der Waals surface area contributed by atoms with Gasteiger partial charge in [0.15, 0.2) is 5.76 Å². The van der Waals surface area contributed by atoms with Gasteiger partial charge in [-0.3, -0.25) is 9.59 Å². The fraction of sp³-hybridized carbons (Fsp3) is 0.226. The Labute approximate surface area is 205 Å². The number of furan rings is 1.